The number of nitrogens with two attached hydrogens (primary N) is 1. The van der Waals surface area contributed by atoms with E-state index >= 15 is 0 Å². The Labute approximate surface area is 155 Å². The first-order valence-electron chi connectivity index (χ1n) is 9.40. The van der Waals surface area contributed by atoms with Crippen LogP contribution in [0, 0.1) is 29.1 Å². The lowest BCUT2D eigenvalue weighted by Gasteiger charge is -2.54. The molecule has 0 aromatic rings. The summed E-state index contributed by atoms with van der Waals surface area (Å²) in [5.41, 5.74) is 8.80. The van der Waals surface area contributed by atoms with Crippen molar-refractivity contribution in [1.82, 2.24) is 0 Å². The molecule has 3 aliphatic rings. The van der Waals surface area contributed by atoms with Crippen molar-refractivity contribution in [3.63, 3.8) is 0 Å². The van der Waals surface area contributed by atoms with Crippen molar-refractivity contribution in [2.45, 2.75) is 41.0 Å². The van der Waals surface area contributed by atoms with Gasteiger partial charge in [-0.1, -0.05) is 43.2 Å². The summed E-state index contributed by atoms with van der Waals surface area (Å²) in [5.74, 6) is 1.15. The number of hydrogen-bond donors (Lipinski definition) is 1. The van der Waals surface area contributed by atoms with Crippen LogP contribution in [0.5, 0.6) is 0 Å². The van der Waals surface area contributed by atoms with E-state index in [4.69, 9.17) is 10.5 Å². The van der Waals surface area contributed by atoms with Gasteiger partial charge >= 0.3 is 6.09 Å². The summed E-state index contributed by atoms with van der Waals surface area (Å²) in [6.07, 6.45) is 8.93. The second-order valence-corrected chi connectivity index (χ2v) is 8.29. The van der Waals surface area contributed by atoms with Crippen LogP contribution in [0.15, 0.2) is 46.6 Å². The van der Waals surface area contributed by atoms with Crippen LogP contribution in [0.25, 0.3) is 0 Å². The predicted molar refractivity (Wildman–Crippen MR) is 102 cm³/mol. The fourth-order valence-electron chi connectivity index (χ4n) is 5.63. The lowest BCUT2D eigenvalue weighted by Crippen LogP contribution is -2.53. The molecule has 3 aliphatic carbocycles. The number of Topliss-reactive ketones (excluding diaryl/α,β-unsaturated/α-hetero) is 1. The molecule has 0 aromatic heterocycles. The Morgan fingerprint density at radius 1 is 1.42 bits per heavy atom. The Bertz CT molecular complexity index is 770. The van der Waals surface area contributed by atoms with Crippen molar-refractivity contribution < 1.29 is 14.3 Å². The Balaban J connectivity index is 2.17. The maximum atomic E-state index is 13.6. The Kier molecular flexibility index (Phi) is 4.72. The van der Waals surface area contributed by atoms with Gasteiger partial charge in [-0.3, -0.25) is 4.79 Å². The minimum Gasteiger partial charge on any atom is -0.445 e. The molecule has 2 N–H and O–H groups in total. The molecular weight excluding hydrogens is 326 g/mol. The second kappa shape index (κ2) is 6.57. The Morgan fingerprint density at radius 3 is 2.73 bits per heavy atom. The Morgan fingerprint density at radius 2 is 2.12 bits per heavy atom. The van der Waals surface area contributed by atoms with Gasteiger partial charge in [0.2, 0.25) is 0 Å². The van der Waals surface area contributed by atoms with Crippen LogP contribution in [0.4, 0.5) is 4.79 Å². The molecule has 0 radical (unpaired) electrons. The Hall–Kier alpha value is -2.10. The zero-order valence-electron chi connectivity index (χ0n) is 16.3. The normalized spacial score (nSPS) is 36.6. The molecule has 0 aromatic carbocycles. The third-order valence-corrected chi connectivity index (χ3v) is 6.49. The number of ether oxygens (including phenoxy) is 1. The number of rotatable bonds is 3. The van der Waals surface area contributed by atoms with Gasteiger partial charge < -0.3 is 10.5 Å². The van der Waals surface area contributed by atoms with Gasteiger partial charge in [0.15, 0.2) is 5.78 Å². The van der Waals surface area contributed by atoms with Crippen molar-refractivity contribution in [1.29, 1.82) is 0 Å². The molecule has 3 rings (SSSR count). The van der Waals surface area contributed by atoms with E-state index in [2.05, 4.69) is 45.9 Å². The fraction of sp³-hybridized carbons (Fsp3) is 0.545. The number of carbonyl (C=O) groups excluding carboxylic acids is 2. The first kappa shape index (κ1) is 18.7. The van der Waals surface area contributed by atoms with E-state index in [1.165, 1.54) is 16.7 Å². The molecule has 140 valence electrons. The average molecular weight is 355 g/mol. The van der Waals surface area contributed by atoms with E-state index in [0.29, 0.717) is 17.4 Å². The van der Waals surface area contributed by atoms with Crippen LogP contribution in [-0.2, 0) is 9.53 Å². The molecule has 0 spiro atoms. The summed E-state index contributed by atoms with van der Waals surface area (Å²) in [6, 6.07) is 0. The second-order valence-electron chi connectivity index (χ2n) is 8.29. The number of amides is 1. The highest BCUT2D eigenvalue weighted by Gasteiger charge is 2.57. The van der Waals surface area contributed by atoms with Gasteiger partial charge in [-0.25, -0.2) is 4.79 Å². The fourth-order valence-corrected chi connectivity index (χ4v) is 5.63. The van der Waals surface area contributed by atoms with Crippen LogP contribution in [-0.4, -0.2) is 18.5 Å². The highest BCUT2D eigenvalue weighted by Crippen LogP contribution is 2.59. The minimum atomic E-state index is -0.851. The number of allylic oxidation sites excluding steroid dienone is 7. The lowest BCUT2D eigenvalue weighted by molar-refractivity contribution is -0.131. The standard InChI is InChI=1S/C22H29NO3/c1-6-13(3)18-14(4)9-15-7-12(2)8-16-10-17(11-26-21(23)25)20(24)22(18,5)19(15)16/h6,8-10,12,15,18-19H,7,11H2,1-5H3,(H2,23,25). The molecule has 0 aliphatic heterocycles. The van der Waals surface area contributed by atoms with Gasteiger partial charge in [0.25, 0.3) is 0 Å². The molecule has 0 fully saturated rings. The first-order chi connectivity index (χ1) is 12.2. The van der Waals surface area contributed by atoms with E-state index in [9.17, 15) is 9.59 Å². The van der Waals surface area contributed by atoms with Crippen LogP contribution in [0.3, 0.4) is 0 Å². The molecule has 4 heteroatoms. The van der Waals surface area contributed by atoms with E-state index in [0.717, 1.165) is 6.42 Å². The predicted octanol–water partition coefficient (Wildman–Crippen LogP) is 4.34. The van der Waals surface area contributed by atoms with Crippen LogP contribution < -0.4 is 5.73 Å². The number of primary amides is 1. The SMILES string of the molecule is CC=C(C)C1C(C)=CC2CC(C)C=C3C=C(COC(N)=O)C(=O)C1(C)C32. The summed E-state index contributed by atoms with van der Waals surface area (Å²) in [7, 11) is 0. The lowest BCUT2D eigenvalue weighted by atomic mass is 9.48. The summed E-state index contributed by atoms with van der Waals surface area (Å²) in [5, 5.41) is 0. The van der Waals surface area contributed by atoms with Crippen molar-refractivity contribution in [2.24, 2.45) is 34.8 Å². The minimum absolute atomic E-state index is 0.0583. The summed E-state index contributed by atoms with van der Waals surface area (Å²) < 4.78 is 4.98. The maximum Gasteiger partial charge on any atom is 0.404 e. The first-order valence-corrected chi connectivity index (χ1v) is 9.40. The van der Waals surface area contributed by atoms with Crippen molar-refractivity contribution in [3.05, 3.63) is 46.6 Å². The van der Waals surface area contributed by atoms with Gasteiger partial charge in [-0.2, -0.15) is 0 Å². The zero-order chi connectivity index (χ0) is 19.2. The van der Waals surface area contributed by atoms with Crippen LogP contribution >= 0.6 is 0 Å². The molecule has 0 bridgehead atoms. The van der Waals surface area contributed by atoms with Crippen LogP contribution in [0.1, 0.15) is 41.0 Å². The van der Waals surface area contributed by atoms with Gasteiger partial charge in [0, 0.05) is 22.8 Å². The highest BCUT2D eigenvalue weighted by atomic mass is 16.5. The smallest absolute Gasteiger partial charge is 0.404 e. The van der Waals surface area contributed by atoms with Gasteiger partial charge in [0.1, 0.15) is 6.61 Å². The molecule has 0 saturated heterocycles. The third kappa shape index (κ3) is 2.76. The number of hydrogen-bond acceptors (Lipinski definition) is 3. The van der Waals surface area contributed by atoms with Crippen molar-refractivity contribution >= 4 is 11.9 Å². The summed E-state index contributed by atoms with van der Waals surface area (Å²) >= 11 is 0. The molecule has 4 nitrogen and oxygen atoms in total. The van der Waals surface area contributed by atoms with Gasteiger partial charge in [0.05, 0.1) is 0 Å². The third-order valence-electron chi connectivity index (χ3n) is 6.49. The van der Waals surface area contributed by atoms with E-state index in [1.54, 1.807) is 0 Å². The highest BCUT2D eigenvalue weighted by molar-refractivity contribution is 6.03. The maximum absolute atomic E-state index is 13.6. The summed E-state index contributed by atoms with van der Waals surface area (Å²) in [4.78, 5) is 24.7. The zero-order valence-corrected chi connectivity index (χ0v) is 16.3. The molecule has 0 saturated carbocycles. The topological polar surface area (TPSA) is 69.4 Å². The average Bonchev–Trinajstić information content (AvgIpc) is 2.55. The van der Waals surface area contributed by atoms with Crippen LogP contribution in [0.2, 0.25) is 0 Å². The molecule has 26 heavy (non-hydrogen) atoms. The van der Waals surface area contributed by atoms with E-state index in [-0.39, 0.29) is 24.2 Å². The van der Waals surface area contributed by atoms with E-state index in [1.807, 2.05) is 13.0 Å². The summed E-state index contributed by atoms with van der Waals surface area (Å²) in [6.45, 7) is 10.5. The van der Waals surface area contributed by atoms with Crippen molar-refractivity contribution in [2.75, 3.05) is 6.61 Å². The molecule has 5 unspecified atom stereocenters. The van der Waals surface area contributed by atoms with Crippen molar-refractivity contribution in [3.8, 4) is 0 Å². The van der Waals surface area contributed by atoms with E-state index < -0.39 is 11.5 Å². The molecule has 1 amide bonds. The van der Waals surface area contributed by atoms with Gasteiger partial charge in [-0.15, -0.1) is 0 Å². The monoisotopic (exact) mass is 355 g/mol. The number of ketones is 1. The molecule has 5 atom stereocenters. The molecular formula is C22H29NO3. The quantitative estimate of drug-likeness (QED) is 0.766. The largest absolute Gasteiger partial charge is 0.445 e. The van der Waals surface area contributed by atoms with Gasteiger partial charge in [-0.05, 0) is 50.7 Å². The number of carbonyl (C=O) groups is 2. The molecule has 0 heterocycles.